The Morgan fingerprint density at radius 2 is 2.26 bits per heavy atom. The summed E-state index contributed by atoms with van der Waals surface area (Å²) in [5.41, 5.74) is -0.494. The Kier molecular flexibility index (Phi) is 3.79. The topological polar surface area (TPSA) is 133 Å². The van der Waals surface area contributed by atoms with Crippen molar-refractivity contribution in [2.75, 3.05) is 18.4 Å². The Morgan fingerprint density at radius 3 is 2.87 bits per heavy atom. The zero-order chi connectivity index (χ0) is 16.4. The normalized spacial score (nSPS) is 17.2. The Bertz CT molecular complexity index is 784. The van der Waals surface area contributed by atoms with Gasteiger partial charge in [0.05, 0.1) is 12.1 Å². The number of H-pyrrole nitrogens is 1. The molecule has 10 heteroatoms. The highest BCUT2D eigenvalue weighted by Gasteiger charge is 2.31. The van der Waals surface area contributed by atoms with E-state index in [9.17, 15) is 14.4 Å². The second-order valence-corrected chi connectivity index (χ2v) is 5.10. The fourth-order valence-corrected chi connectivity index (χ4v) is 2.37. The zero-order valence-electron chi connectivity index (χ0n) is 12.0. The number of nitrogens with zero attached hydrogens (tertiary/aromatic N) is 4. The summed E-state index contributed by atoms with van der Waals surface area (Å²) in [6.45, 7) is 0.429. The van der Waals surface area contributed by atoms with Crippen LogP contribution in [-0.2, 0) is 4.79 Å². The number of hydrogen-bond donors (Lipinski definition) is 3. The Labute approximate surface area is 129 Å². The summed E-state index contributed by atoms with van der Waals surface area (Å²) in [6, 6.07) is 1.68. The molecule has 1 fully saturated rings. The largest absolute Gasteiger partial charge is 0.465 e. The number of hydrogen-bond acceptors (Lipinski definition) is 5. The van der Waals surface area contributed by atoms with E-state index in [2.05, 4.69) is 20.4 Å². The fraction of sp³-hybridized carbons (Fsp3) is 0.308. The maximum absolute atomic E-state index is 12.1. The van der Waals surface area contributed by atoms with Crippen LogP contribution >= 0.6 is 0 Å². The molecule has 23 heavy (non-hydrogen) atoms. The van der Waals surface area contributed by atoms with Crippen molar-refractivity contribution in [1.29, 1.82) is 0 Å². The summed E-state index contributed by atoms with van der Waals surface area (Å²) in [6.07, 6.45) is 3.79. The summed E-state index contributed by atoms with van der Waals surface area (Å²) in [5, 5.41) is 15.3. The monoisotopic (exact) mass is 318 g/mol. The van der Waals surface area contributed by atoms with Gasteiger partial charge in [0, 0.05) is 25.5 Å². The maximum atomic E-state index is 12.1. The molecule has 1 aliphatic heterocycles. The lowest BCUT2D eigenvalue weighted by Crippen LogP contribution is -2.31. The third kappa shape index (κ3) is 3.05. The van der Waals surface area contributed by atoms with Gasteiger partial charge in [0.1, 0.15) is 5.69 Å². The van der Waals surface area contributed by atoms with E-state index in [0.717, 1.165) is 0 Å². The van der Waals surface area contributed by atoms with Gasteiger partial charge < -0.3 is 15.3 Å². The van der Waals surface area contributed by atoms with Crippen LogP contribution in [0.4, 0.5) is 10.5 Å². The molecule has 3 heterocycles. The fourth-order valence-electron chi connectivity index (χ4n) is 2.37. The number of carbonyl (C=O) groups excluding carboxylic acids is 1. The highest BCUT2D eigenvalue weighted by molar-refractivity contribution is 5.93. The van der Waals surface area contributed by atoms with Crippen molar-refractivity contribution < 1.29 is 14.7 Å². The van der Waals surface area contributed by atoms with E-state index in [1.807, 2.05) is 0 Å². The number of carboxylic acid groups (broad SMARTS) is 1. The van der Waals surface area contributed by atoms with Gasteiger partial charge in [0.15, 0.2) is 0 Å². The molecular weight excluding hydrogens is 304 g/mol. The molecule has 0 saturated carbocycles. The van der Waals surface area contributed by atoms with Crippen LogP contribution in [0.25, 0.3) is 5.95 Å². The molecule has 2 amide bonds. The van der Waals surface area contributed by atoms with E-state index >= 15 is 0 Å². The van der Waals surface area contributed by atoms with Gasteiger partial charge in [-0.05, 0) is 12.5 Å². The van der Waals surface area contributed by atoms with Crippen molar-refractivity contribution in [3.63, 3.8) is 0 Å². The second kappa shape index (κ2) is 5.91. The van der Waals surface area contributed by atoms with Crippen LogP contribution in [0.5, 0.6) is 0 Å². The predicted molar refractivity (Wildman–Crippen MR) is 78.3 cm³/mol. The van der Waals surface area contributed by atoms with Gasteiger partial charge in [-0.3, -0.25) is 14.6 Å². The smallest absolute Gasteiger partial charge is 0.407 e. The molecule has 0 aliphatic carbocycles. The Morgan fingerprint density at radius 1 is 1.43 bits per heavy atom. The molecule has 120 valence electrons. The quantitative estimate of drug-likeness (QED) is 0.723. The van der Waals surface area contributed by atoms with E-state index in [4.69, 9.17) is 5.11 Å². The van der Waals surface area contributed by atoms with E-state index < -0.39 is 23.5 Å². The van der Waals surface area contributed by atoms with Crippen LogP contribution in [0.2, 0.25) is 0 Å². The molecule has 10 nitrogen and oxygen atoms in total. The molecule has 3 N–H and O–H groups in total. The van der Waals surface area contributed by atoms with E-state index in [-0.39, 0.29) is 18.2 Å². The Hall–Kier alpha value is -3.17. The first-order chi connectivity index (χ1) is 11.0. The molecule has 2 aromatic rings. The van der Waals surface area contributed by atoms with Crippen molar-refractivity contribution in [1.82, 2.24) is 24.6 Å². The minimum atomic E-state index is -1.05. The van der Waals surface area contributed by atoms with Gasteiger partial charge in [-0.2, -0.15) is 5.10 Å². The third-order valence-electron chi connectivity index (χ3n) is 3.59. The van der Waals surface area contributed by atoms with Crippen LogP contribution in [-0.4, -0.2) is 54.8 Å². The highest BCUT2D eigenvalue weighted by atomic mass is 16.4. The second-order valence-electron chi connectivity index (χ2n) is 5.10. The number of aromatic amines is 1. The summed E-state index contributed by atoms with van der Waals surface area (Å²) in [5.74, 6) is -0.639. The molecular formula is C13H14N6O4. The summed E-state index contributed by atoms with van der Waals surface area (Å²) < 4.78 is 1.38. The van der Waals surface area contributed by atoms with Crippen LogP contribution in [0.1, 0.15) is 6.42 Å². The van der Waals surface area contributed by atoms with Crippen LogP contribution in [0.15, 0.2) is 29.5 Å². The van der Waals surface area contributed by atoms with Gasteiger partial charge in [-0.1, -0.05) is 0 Å². The predicted octanol–water partition coefficient (Wildman–Crippen LogP) is -0.106. The molecule has 1 aliphatic rings. The van der Waals surface area contributed by atoms with E-state index in [0.29, 0.717) is 13.0 Å². The van der Waals surface area contributed by atoms with Crippen molar-refractivity contribution in [2.24, 2.45) is 5.92 Å². The first-order valence-electron chi connectivity index (χ1n) is 6.92. The molecule has 0 spiro atoms. The van der Waals surface area contributed by atoms with Crippen LogP contribution < -0.4 is 10.9 Å². The highest BCUT2D eigenvalue weighted by Crippen LogP contribution is 2.17. The first kappa shape index (κ1) is 14.8. The van der Waals surface area contributed by atoms with Crippen molar-refractivity contribution in [3.8, 4) is 5.95 Å². The molecule has 0 aromatic carbocycles. The SMILES string of the molecule is O=C(Nc1cnc(-n2cccn2)[nH]c1=O)C1CCN(C(=O)O)C1. The van der Waals surface area contributed by atoms with Crippen molar-refractivity contribution in [2.45, 2.75) is 6.42 Å². The van der Waals surface area contributed by atoms with Gasteiger partial charge >= 0.3 is 6.09 Å². The van der Waals surface area contributed by atoms with Gasteiger partial charge in [-0.25, -0.2) is 14.5 Å². The van der Waals surface area contributed by atoms with Crippen LogP contribution in [0.3, 0.4) is 0 Å². The lowest BCUT2D eigenvalue weighted by atomic mass is 10.1. The number of rotatable bonds is 3. The van der Waals surface area contributed by atoms with Crippen molar-refractivity contribution >= 4 is 17.7 Å². The van der Waals surface area contributed by atoms with Crippen molar-refractivity contribution in [3.05, 3.63) is 35.0 Å². The standard InChI is InChI=1S/C13H14N6O4/c20-10(8-2-5-18(7-8)13(22)23)16-9-6-14-12(17-11(9)21)19-4-1-3-15-19/h1,3-4,6,8H,2,5,7H2,(H,16,20)(H,22,23)(H,14,17,21). The average molecular weight is 318 g/mol. The summed E-state index contributed by atoms with van der Waals surface area (Å²) >= 11 is 0. The minimum Gasteiger partial charge on any atom is -0.465 e. The number of amides is 2. The molecule has 1 unspecified atom stereocenters. The number of nitrogens with one attached hydrogen (secondary N) is 2. The number of anilines is 1. The minimum absolute atomic E-state index is 0.0136. The summed E-state index contributed by atoms with van der Waals surface area (Å²) in [7, 11) is 0. The van der Waals surface area contributed by atoms with Gasteiger partial charge in [0.2, 0.25) is 11.9 Å². The molecule has 2 aromatic heterocycles. The van der Waals surface area contributed by atoms with Gasteiger partial charge in [0.25, 0.3) is 5.56 Å². The molecule has 0 radical (unpaired) electrons. The van der Waals surface area contributed by atoms with Gasteiger partial charge in [-0.15, -0.1) is 0 Å². The lowest BCUT2D eigenvalue weighted by Gasteiger charge is -2.12. The molecule has 1 atom stereocenters. The number of aromatic nitrogens is 4. The van der Waals surface area contributed by atoms with E-state index in [1.165, 1.54) is 15.8 Å². The first-order valence-corrected chi connectivity index (χ1v) is 6.92. The zero-order valence-corrected chi connectivity index (χ0v) is 12.0. The molecule has 3 rings (SSSR count). The summed E-state index contributed by atoms with van der Waals surface area (Å²) in [4.78, 5) is 42.7. The van der Waals surface area contributed by atoms with E-state index in [1.54, 1.807) is 18.5 Å². The Balaban J connectivity index is 1.70. The maximum Gasteiger partial charge on any atom is 0.407 e. The third-order valence-corrected chi connectivity index (χ3v) is 3.59. The number of likely N-dealkylation sites (tertiary alicyclic amines) is 1. The average Bonchev–Trinajstić information content (AvgIpc) is 3.20. The molecule has 0 bridgehead atoms. The van der Waals surface area contributed by atoms with Crippen LogP contribution in [0, 0.1) is 5.92 Å². The number of carbonyl (C=O) groups is 2. The molecule has 1 saturated heterocycles. The lowest BCUT2D eigenvalue weighted by molar-refractivity contribution is -0.119.